The van der Waals surface area contributed by atoms with Crippen LogP contribution in [0.1, 0.15) is 49.4 Å². The van der Waals surface area contributed by atoms with Gasteiger partial charge in [0.2, 0.25) is 0 Å². The summed E-state index contributed by atoms with van der Waals surface area (Å²) in [7, 11) is -5.53. The number of furan rings is 2. The Hall–Kier alpha value is -12.6. The maximum Gasteiger partial charge on any atom is 0.159 e. The average Bonchev–Trinajstić information content (AvgIpc) is 1.41. The van der Waals surface area contributed by atoms with Crippen molar-refractivity contribution in [2.75, 3.05) is 9.80 Å². The number of nitrogens with zero attached hydrogens (tertiary/aromatic N) is 2. The van der Waals surface area contributed by atoms with Crippen LogP contribution in [-0.2, 0) is 5.41 Å². The second kappa shape index (κ2) is 29.0. The SMILES string of the molecule is CC(C)(C)CC[Si](C)(c1ccccc1)c1ccc(-c2cccc3c2oc2c(N(c4cccc5ccccc45)c4cc5c(c6ccccc46)-c4ccc(N(c6cccc7ccccc67)c6cccc7c6oc6c(-c8ccc([Si](C)(CC[Si](C)(C)C)c9ccccc9)cc8)cccc67)cc4C5(c4ccccc4)c4ccccc4)cccc23)cc1. The summed E-state index contributed by atoms with van der Waals surface area (Å²) in [4.78, 5) is 5.02. The second-order valence-electron chi connectivity index (χ2n) is 35.3. The normalized spacial score (nSPS) is 13.8. The molecule has 0 amide bonds. The molecule has 2 unspecified atom stereocenters. The number of hydrogen-bond donors (Lipinski definition) is 0. The zero-order valence-electron chi connectivity index (χ0n) is 67.8. The van der Waals surface area contributed by atoms with Gasteiger partial charge in [-0.15, -0.1) is 0 Å². The lowest BCUT2D eigenvalue weighted by Crippen LogP contribution is -2.56. The molecule has 0 spiro atoms. The van der Waals surface area contributed by atoms with Crippen molar-refractivity contribution in [2.45, 2.75) is 83.5 Å². The van der Waals surface area contributed by atoms with Gasteiger partial charge >= 0.3 is 0 Å². The van der Waals surface area contributed by atoms with Gasteiger partial charge in [-0.3, -0.25) is 0 Å². The van der Waals surface area contributed by atoms with Gasteiger partial charge in [0.1, 0.15) is 27.3 Å². The minimum Gasteiger partial charge on any atom is -0.453 e. The molecule has 19 aromatic rings. The lowest BCUT2D eigenvalue weighted by Gasteiger charge is -2.36. The summed E-state index contributed by atoms with van der Waals surface area (Å²) >= 11 is 0. The van der Waals surface area contributed by atoms with E-state index in [2.05, 4.69) is 439 Å². The van der Waals surface area contributed by atoms with Gasteiger partial charge in [-0.25, -0.2) is 0 Å². The Balaban J connectivity index is 0.784. The Kier molecular flexibility index (Phi) is 18.1. The molecule has 568 valence electrons. The van der Waals surface area contributed by atoms with Crippen molar-refractivity contribution in [1.29, 1.82) is 0 Å². The minimum absolute atomic E-state index is 0.225. The number of para-hydroxylation sites is 4. The summed E-state index contributed by atoms with van der Waals surface area (Å²) in [6.45, 7) is 19.8. The van der Waals surface area contributed by atoms with Crippen molar-refractivity contribution >= 4 is 155 Å². The first-order valence-corrected chi connectivity index (χ1v) is 50.7. The highest BCUT2D eigenvalue weighted by Crippen LogP contribution is 2.62. The highest BCUT2D eigenvalue weighted by molar-refractivity contribution is 7.02. The fraction of sp³-hybridized carbons (Fsp3) is 0.127. The van der Waals surface area contributed by atoms with E-state index in [-0.39, 0.29) is 5.41 Å². The molecule has 0 radical (unpaired) electrons. The van der Waals surface area contributed by atoms with Crippen LogP contribution < -0.4 is 30.5 Å². The van der Waals surface area contributed by atoms with E-state index < -0.39 is 29.6 Å². The molecule has 0 saturated carbocycles. The fourth-order valence-electron chi connectivity index (χ4n) is 19.5. The number of benzene rings is 17. The molecule has 117 heavy (non-hydrogen) atoms. The van der Waals surface area contributed by atoms with Crippen LogP contribution in [-0.4, -0.2) is 24.2 Å². The van der Waals surface area contributed by atoms with E-state index in [9.17, 15) is 0 Å². The lowest BCUT2D eigenvalue weighted by atomic mass is 9.67. The lowest BCUT2D eigenvalue weighted by molar-refractivity contribution is 0.396. The van der Waals surface area contributed by atoms with Crippen molar-refractivity contribution in [3.05, 3.63) is 398 Å². The molecule has 7 heteroatoms. The van der Waals surface area contributed by atoms with E-state index >= 15 is 0 Å². The number of anilines is 6. The summed E-state index contributed by atoms with van der Waals surface area (Å²) in [6.07, 6.45) is 1.16. The molecule has 0 aliphatic heterocycles. The number of hydrogen-bond acceptors (Lipinski definition) is 4. The first-order valence-electron chi connectivity index (χ1n) is 41.6. The summed E-state index contributed by atoms with van der Waals surface area (Å²) < 4.78 is 15.3. The number of rotatable bonds is 19. The van der Waals surface area contributed by atoms with Crippen molar-refractivity contribution < 1.29 is 8.83 Å². The summed E-state index contributed by atoms with van der Waals surface area (Å²) in [5.74, 6) is 0. The zero-order valence-corrected chi connectivity index (χ0v) is 70.8. The Labute approximate surface area is 689 Å². The zero-order chi connectivity index (χ0) is 79.4. The van der Waals surface area contributed by atoms with Crippen LogP contribution in [0.5, 0.6) is 0 Å². The van der Waals surface area contributed by atoms with Gasteiger partial charge in [0.15, 0.2) is 11.2 Å². The van der Waals surface area contributed by atoms with Gasteiger partial charge in [-0.1, -0.05) is 426 Å². The monoisotopic (exact) mass is 1560 g/mol. The third kappa shape index (κ3) is 12.5. The highest BCUT2D eigenvalue weighted by Gasteiger charge is 2.49. The van der Waals surface area contributed by atoms with E-state index in [0.29, 0.717) is 0 Å². The Morgan fingerprint density at radius 3 is 1.16 bits per heavy atom. The molecule has 0 saturated heterocycles. The molecule has 2 atom stereocenters. The molecule has 4 nitrogen and oxygen atoms in total. The summed E-state index contributed by atoms with van der Waals surface area (Å²) in [6, 6.07) is 145. The highest BCUT2D eigenvalue weighted by atomic mass is 28.3. The first kappa shape index (κ1) is 73.3. The van der Waals surface area contributed by atoms with Crippen LogP contribution in [0.4, 0.5) is 34.1 Å². The van der Waals surface area contributed by atoms with Gasteiger partial charge in [-0.05, 0) is 115 Å². The van der Waals surface area contributed by atoms with Crippen LogP contribution in [0.2, 0.25) is 50.9 Å². The van der Waals surface area contributed by atoms with Crippen LogP contribution in [0, 0.1) is 5.41 Å². The van der Waals surface area contributed by atoms with Crippen molar-refractivity contribution in [1.82, 2.24) is 0 Å². The van der Waals surface area contributed by atoms with Gasteiger partial charge < -0.3 is 18.6 Å². The summed E-state index contributed by atoms with van der Waals surface area (Å²) in [5.41, 5.74) is 20.3. The molecule has 20 rings (SSSR count). The first-order chi connectivity index (χ1) is 57.0. The van der Waals surface area contributed by atoms with E-state index in [1.54, 1.807) is 0 Å². The maximum atomic E-state index is 7.69. The quantitative estimate of drug-likeness (QED) is 0.0756. The van der Waals surface area contributed by atoms with Gasteiger partial charge in [0.05, 0.1) is 33.9 Å². The Morgan fingerprint density at radius 2 is 0.667 bits per heavy atom. The van der Waals surface area contributed by atoms with Gasteiger partial charge in [-0.2, -0.15) is 0 Å². The largest absolute Gasteiger partial charge is 0.453 e. The Morgan fingerprint density at radius 1 is 0.282 bits per heavy atom. The maximum absolute atomic E-state index is 7.69. The topological polar surface area (TPSA) is 32.8 Å². The van der Waals surface area contributed by atoms with E-state index in [4.69, 9.17) is 8.83 Å². The fourth-order valence-corrected chi connectivity index (χ4v) is 31.2. The van der Waals surface area contributed by atoms with Crippen LogP contribution in [0.25, 0.3) is 110 Å². The smallest absolute Gasteiger partial charge is 0.159 e. The predicted molar refractivity (Wildman–Crippen MR) is 508 cm³/mol. The summed E-state index contributed by atoms with van der Waals surface area (Å²) in [5, 5.41) is 17.0. The predicted octanol–water partition coefficient (Wildman–Crippen LogP) is 28.7. The molecule has 0 bridgehead atoms. The van der Waals surface area contributed by atoms with E-state index in [0.717, 1.165) is 139 Å². The molecule has 0 N–H and O–H groups in total. The molecule has 1 aliphatic rings. The van der Waals surface area contributed by atoms with E-state index in [1.807, 2.05) is 0 Å². The van der Waals surface area contributed by atoms with Crippen molar-refractivity contribution in [2.24, 2.45) is 5.41 Å². The van der Waals surface area contributed by atoms with Crippen LogP contribution in [0.15, 0.2) is 385 Å². The average molecular weight is 1560 g/mol. The standard InChI is InChI=1S/C110H94N2O2Si3/c1-109(2,3)69-70-116(7,82-41-17-11-18-42-82)84-64-59-77(60-65-84)89-50-30-52-93-95-54-32-58-102(108(95)114-106(89)93)112(100-56-28-36-76-34-22-24-46-87(76)100)103-74-98-104(91-48-26-25-47-90(91)103)96-68-63-81(73-97(96)110(98,79-37-13-9-14-38-79)80-39-15-10-16-40-80)111(99-55-27-35-75-33-21-23-45-86(75)99)101-57-31-53-94-92-51-29-49-88(105(92)113-107(94)101)78-61-66-85(67-62-78)117(8,72-71-115(4,5)6)83-43-19-12-20-44-83/h9-68,73-74H,69-72H2,1-8H3. The molecular formula is C110H94N2O2Si3. The molecule has 1 aliphatic carbocycles. The van der Waals surface area contributed by atoms with Crippen molar-refractivity contribution in [3.8, 4) is 33.4 Å². The van der Waals surface area contributed by atoms with Gasteiger partial charge in [0.25, 0.3) is 0 Å². The van der Waals surface area contributed by atoms with Crippen LogP contribution >= 0.6 is 0 Å². The Bertz CT molecular complexity index is 6950. The van der Waals surface area contributed by atoms with E-state index in [1.165, 1.54) is 72.3 Å². The minimum atomic E-state index is -2.13. The van der Waals surface area contributed by atoms with Crippen molar-refractivity contribution in [3.63, 3.8) is 0 Å². The number of fused-ring (bicyclic) bond motifs is 13. The molecular weight excluding hydrogens is 1470 g/mol. The molecule has 0 fully saturated rings. The molecule has 2 aromatic heterocycles. The second-order valence-corrected chi connectivity index (χ2v) is 49.6. The third-order valence-corrected chi connectivity index (χ3v) is 36.9. The third-order valence-electron chi connectivity index (χ3n) is 25.8. The van der Waals surface area contributed by atoms with Crippen LogP contribution in [0.3, 0.4) is 0 Å². The molecule has 2 heterocycles. The molecule has 17 aromatic carbocycles. The van der Waals surface area contributed by atoms with Gasteiger partial charge in [0, 0.05) is 62.6 Å².